The minimum Gasteiger partial charge on any atom is -0.481 e. The van der Waals surface area contributed by atoms with Gasteiger partial charge in [-0.05, 0) is 78.6 Å². The Morgan fingerprint density at radius 3 is 1.26 bits per heavy atom. The van der Waals surface area contributed by atoms with E-state index in [4.69, 9.17) is 10.2 Å². The van der Waals surface area contributed by atoms with E-state index in [0.717, 1.165) is 0 Å². The van der Waals surface area contributed by atoms with Gasteiger partial charge in [0.25, 0.3) is 0 Å². The molecule has 3 atom stereocenters. The van der Waals surface area contributed by atoms with Crippen molar-refractivity contribution in [1.29, 1.82) is 0 Å². The van der Waals surface area contributed by atoms with E-state index in [1.807, 2.05) is 125 Å². The van der Waals surface area contributed by atoms with Crippen LogP contribution in [0.4, 0.5) is 0 Å². The van der Waals surface area contributed by atoms with E-state index in [9.17, 15) is 28.8 Å². The molecule has 11 heteroatoms. The van der Waals surface area contributed by atoms with E-state index in [0.29, 0.717) is 6.42 Å². The highest BCUT2D eigenvalue weighted by Gasteiger charge is 2.48. The third kappa shape index (κ3) is 22.0. The molecule has 1 saturated heterocycles. The van der Waals surface area contributed by atoms with Gasteiger partial charge in [0.15, 0.2) is 0 Å². The zero-order valence-electron chi connectivity index (χ0n) is 32.6. The molecule has 50 heavy (non-hydrogen) atoms. The molecular weight excluding hydrogens is 638 g/mol. The first-order valence-corrected chi connectivity index (χ1v) is 16.4. The number of carboxylic acids is 2. The molecule has 0 bridgehead atoms. The van der Waals surface area contributed by atoms with Crippen molar-refractivity contribution in [3.63, 3.8) is 0 Å². The molecule has 298 valence electrons. The predicted octanol–water partition coefficient (Wildman–Crippen LogP) is 8.19. The second-order valence-corrected chi connectivity index (χ2v) is 18.9. The van der Waals surface area contributed by atoms with E-state index >= 15 is 0 Å². The Bertz CT molecular complexity index is 1120. The standard InChI is InChI=1S/2C12H23NO3.C12H21NO2.3CH4/c1-11(2,3)8(7-9(14)15)10(16)13-12(4,5)6;1-11(2,3)8(10(15)16)7-9(14)13-12(4,5)6;1-11(2,3)8-7-9(14)13(10(8)15)12(4,5)6;;;/h8H,7H2,1-6H3,(H,13,16)(H,14,15);8H,7H2,1-6H3,(H,13,14)(H,15,16);8H,7H2,1-6H3;3*1H4. The van der Waals surface area contributed by atoms with Crippen LogP contribution < -0.4 is 10.6 Å². The van der Waals surface area contributed by atoms with Crippen molar-refractivity contribution in [3.8, 4) is 0 Å². The summed E-state index contributed by atoms with van der Waals surface area (Å²) < 4.78 is 0. The lowest BCUT2D eigenvalue weighted by Gasteiger charge is -2.32. The quantitative estimate of drug-likeness (QED) is 0.199. The van der Waals surface area contributed by atoms with E-state index in [1.54, 1.807) is 0 Å². The first-order valence-electron chi connectivity index (χ1n) is 16.4. The summed E-state index contributed by atoms with van der Waals surface area (Å²) in [7, 11) is 0. The van der Waals surface area contributed by atoms with Crippen molar-refractivity contribution < 1.29 is 39.0 Å². The maximum Gasteiger partial charge on any atom is 0.307 e. The zero-order valence-corrected chi connectivity index (χ0v) is 32.6. The van der Waals surface area contributed by atoms with E-state index in [1.165, 1.54) is 4.90 Å². The number of carbonyl (C=O) groups excluding carboxylic acids is 4. The van der Waals surface area contributed by atoms with Crippen molar-refractivity contribution >= 4 is 35.6 Å². The number of carboxylic acid groups (broad SMARTS) is 2. The topological polar surface area (TPSA) is 170 Å². The molecule has 1 fully saturated rings. The van der Waals surface area contributed by atoms with Gasteiger partial charge < -0.3 is 20.8 Å². The molecule has 1 aliphatic rings. The summed E-state index contributed by atoms with van der Waals surface area (Å²) in [6, 6.07) is 0. The molecule has 11 nitrogen and oxygen atoms in total. The average Bonchev–Trinajstić information content (AvgIpc) is 3.07. The van der Waals surface area contributed by atoms with Crippen LogP contribution in [0.15, 0.2) is 0 Å². The van der Waals surface area contributed by atoms with Crippen LogP contribution in [0.5, 0.6) is 0 Å². The molecule has 0 aromatic heterocycles. The largest absolute Gasteiger partial charge is 0.481 e. The van der Waals surface area contributed by atoms with Crippen LogP contribution in [0.3, 0.4) is 0 Å². The van der Waals surface area contributed by atoms with Gasteiger partial charge in [0.2, 0.25) is 23.6 Å². The molecule has 4 N–H and O–H groups in total. The fourth-order valence-corrected chi connectivity index (χ4v) is 4.86. The molecule has 0 aromatic carbocycles. The zero-order chi connectivity index (χ0) is 38.3. The van der Waals surface area contributed by atoms with Crippen molar-refractivity contribution in [2.45, 2.75) is 183 Å². The highest BCUT2D eigenvalue weighted by Crippen LogP contribution is 2.38. The molecular formula is C39H79N3O8. The lowest BCUT2D eigenvalue weighted by molar-refractivity contribution is -0.148. The average molecular weight is 718 g/mol. The lowest BCUT2D eigenvalue weighted by Crippen LogP contribution is -2.47. The van der Waals surface area contributed by atoms with Gasteiger partial charge in [-0.3, -0.25) is 33.7 Å². The number of hydrogen-bond acceptors (Lipinski definition) is 6. The number of likely N-dealkylation sites (tertiary alicyclic amines) is 1. The highest BCUT2D eigenvalue weighted by atomic mass is 16.4. The molecule has 3 unspecified atom stereocenters. The smallest absolute Gasteiger partial charge is 0.307 e. The van der Waals surface area contributed by atoms with Crippen LogP contribution in [0.25, 0.3) is 0 Å². The van der Waals surface area contributed by atoms with Gasteiger partial charge in [0, 0.05) is 29.5 Å². The summed E-state index contributed by atoms with van der Waals surface area (Å²) in [5, 5.41) is 23.5. The monoisotopic (exact) mass is 718 g/mol. The van der Waals surface area contributed by atoms with Gasteiger partial charge >= 0.3 is 11.9 Å². The highest BCUT2D eigenvalue weighted by molar-refractivity contribution is 6.04. The first-order chi connectivity index (χ1) is 20.4. The minimum atomic E-state index is -0.941. The minimum absolute atomic E-state index is 0. The second-order valence-electron chi connectivity index (χ2n) is 18.9. The summed E-state index contributed by atoms with van der Waals surface area (Å²) in [6.07, 6.45) is 0.251. The predicted molar refractivity (Wildman–Crippen MR) is 206 cm³/mol. The first kappa shape index (κ1) is 56.4. The summed E-state index contributed by atoms with van der Waals surface area (Å²) in [5.41, 5.74) is -1.95. The van der Waals surface area contributed by atoms with Crippen LogP contribution in [0, 0.1) is 34.0 Å². The van der Waals surface area contributed by atoms with E-state index in [2.05, 4.69) is 10.6 Å². The molecule has 0 radical (unpaired) electrons. The Morgan fingerprint density at radius 2 is 1.04 bits per heavy atom. The van der Waals surface area contributed by atoms with Crippen molar-refractivity contribution in [1.82, 2.24) is 15.5 Å². The van der Waals surface area contributed by atoms with E-state index < -0.39 is 34.7 Å². The number of rotatable bonds is 6. The van der Waals surface area contributed by atoms with Gasteiger partial charge in [-0.15, -0.1) is 0 Å². The fourth-order valence-electron chi connectivity index (χ4n) is 4.86. The van der Waals surface area contributed by atoms with Gasteiger partial charge in [-0.1, -0.05) is 84.6 Å². The Labute approximate surface area is 306 Å². The van der Waals surface area contributed by atoms with Gasteiger partial charge in [-0.2, -0.15) is 0 Å². The Hall–Kier alpha value is -2.98. The number of carbonyl (C=O) groups is 6. The molecule has 0 aliphatic carbocycles. The third-order valence-corrected chi connectivity index (χ3v) is 7.35. The summed E-state index contributed by atoms with van der Waals surface area (Å²) in [5.74, 6) is -3.64. The van der Waals surface area contributed by atoms with Crippen LogP contribution in [-0.2, 0) is 28.8 Å². The summed E-state index contributed by atoms with van der Waals surface area (Å²) in [6.45, 7) is 34.1. The molecule has 0 aromatic rings. The number of nitrogens with one attached hydrogen (secondary N) is 2. The normalized spacial score (nSPS) is 16.4. The molecule has 4 amide bonds. The van der Waals surface area contributed by atoms with Crippen LogP contribution in [0.2, 0.25) is 0 Å². The van der Waals surface area contributed by atoms with E-state index in [-0.39, 0.29) is 86.6 Å². The molecule has 1 aliphatic heterocycles. The van der Waals surface area contributed by atoms with Crippen LogP contribution in [-0.4, -0.2) is 67.3 Å². The fraction of sp³-hybridized carbons (Fsp3) is 0.846. The van der Waals surface area contributed by atoms with Gasteiger partial charge in [0.1, 0.15) is 0 Å². The Kier molecular flexibility index (Phi) is 22.7. The maximum absolute atomic E-state index is 12.1. The number of hydrogen-bond donors (Lipinski definition) is 4. The summed E-state index contributed by atoms with van der Waals surface area (Å²) in [4.78, 5) is 70.8. The SMILES string of the molecule is C.C.C.CC(C)(C)C1CC(=O)N(C(C)(C)C)C1=O.CC(C)(C)NC(=O)C(CC(=O)O)C(C)(C)C.CC(C)(C)NC(=O)CC(C(=O)O)C(C)(C)C. The maximum atomic E-state index is 12.1. The number of aliphatic carboxylic acids is 2. The third-order valence-electron chi connectivity index (χ3n) is 7.35. The van der Waals surface area contributed by atoms with Crippen LogP contribution in [0.1, 0.15) is 166 Å². The second kappa shape index (κ2) is 20.2. The number of imide groups is 1. The van der Waals surface area contributed by atoms with Crippen molar-refractivity contribution in [2.24, 2.45) is 34.0 Å². The van der Waals surface area contributed by atoms with Gasteiger partial charge in [-0.25, -0.2) is 0 Å². The Balaban J connectivity index is -0.000000197. The molecule has 0 saturated carbocycles. The number of nitrogens with zero attached hydrogens (tertiary/aromatic N) is 1. The summed E-state index contributed by atoms with van der Waals surface area (Å²) >= 11 is 0. The number of amides is 4. The Morgan fingerprint density at radius 1 is 0.660 bits per heavy atom. The van der Waals surface area contributed by atoms with Crippen LogP contribution >= 0.6 is 0 Å². The molecule has 1 heterocycles. The van der Waals surface area contributed by atoms with Crippen molar-refractivity contribution in [3.05, 3.63) is 0 Å². The molecule has 1 rings (SSSR count). The molecule has 0 spiro atoms. The van der Waals surface area contributed by atoms with Gasteiger partial charge in [0.05, 0.1) is 24.2 Å². The lowest BCUT2D eigenvalue weighted by atomic mass is 9.78. The van der Waals surface area contributed by atoms with Crippen molar-refractivity contribution in [2.75, 3.05) is 0 Å².